The number of para-hydroxylation sites is 1. The van der Waals surface area contributed by atoms with Gasteiger partial charge in [0.25, 0.3) is 0 Å². The number of aromatic nitrogens is 4. The van der Waals surface area contributed by atoms with Crippen LogP contribution in [0, 0.1) is 0 Å². The molecular weight excluding hydrogens is 322 g/mol. The van der Waals surface area contributed by atoms with Gasteiger partial charge in [0.2, 0.25) is 10.0 Å². The lowest BCUT2D eigenvalue weighted by molar-refractivity contribution is 0.432. The van der Waals surface area contributed by atoms with Crippen molar-refractivity contribution in [2.75, 3.05) is 19.8 Å². The van der Waals surface area contributed by atoms with Crippen LogP contribution in [-0.4, -0.2) is 52.5 Å². The molecule has 0 saturated heterocycles. The second-order valence-corrected chi connectivity index (χ2v) is 8.06. The second kappa shape index (κ2) is 5.75. The van der Waals surface area contributed by atoms with Crippen molar-refractivity contribution in [3.63, 3.8) is 0 Å². The summed E-state index contributed by atoms with van der Waals surface area (Å²) < 4.78 is 26.7. The Bertz CT molecular complexity index is 867. The molecule has 0 fully saturated rings. The van der Waals surface area contributed by atoms with Gasteiger partial charge in [0, 0.05) is 13.6 Å². The molecule has 0 radical (unpaired) electrons. The van der Waals surface area contributed by atoms with E-state index in [9.17, 15) is 8.42 Å². The van der Waals surface area contributed by atoms with E-state index in [-0.39, 0.29) is 0 Å². The molecule has 7 nitrogen and oxygen atoms in total. The van der Waals surface area contributed by atoms with E-state index in [4.69, 9.17) is 0 Å². The molecule has 3 rings (SSSR count). The van der Waals surface area contributed by atoms with Gasteiger partial charge in [-0.2, -0.15) is 0 Å². The van der Waals surface area contributed by atoms with E-state index >= 15 is 0 Å². The zero-order chi connectivity index (χ0) is 15.7. The molecule has 2 heterocycles. The number of hydrogen-bond acceptors (Lipinski definition) is 6. The third-order valence-electron chi connectivity index (χ3n) is 3.26. The highest BCUT2D eigenvalue weighted by atomic mass is 32.2. The van der Waals surface area contributed by atoms with Crippen molar-refractivity contribution in [2.24, 2.45) is 0 Å². The number of hydrogen-bond donors (Lipinski definition) is 0. The van der Waals surface area contributed by atoms with E-state index in [0.717, 1.165) is 15.2 Å². The van der Waals surface area contributed by atoms with Gasteiger partial charge in [0.15, 0.2) is 0 Å². The summed E-state index contributed by atoms with van der Waals surface area (Å²) in [6, 6.07) is 7.90. The summed E-state index contributed by atoms with van der Waals surface area (Å²) >= 11 is 1.56. The summed E-state index contributed by atoms with van der Waals surface area (Å²) in [6.45, 7) is 0.795. The van der Waals surface area contributed by atoms with Gasteiger partial charge in [-0.1, -0.05) is 17.3 Å². The first kappa shape index (κ1) is 15.1. The van der Waals surface area contributed by atoms with Crippen LogP contribution in [0.1, 0.15) is 0 Å². The van der Waals surface area contributed by atoms with Crippen molar-refractivity contribution in [3.8, 4) is 10.7 Å². The first-order valence-electron chi connectivity index (χ1n) is 6.61. The summed E-state index contributed by atoms with van der Waals surface area (Å²) in [6.07, 6.45) is 2.97. The van der Waals surface area contributed by atoms with Crippen LogP contribution in [0.4, 0.5) is 0 Å². The standard InChI is InChI=1S/C13H15N5O2S2/c1-17(22(2,19)20)7-8-18-9-11(15-16-18)13-14-10-5-3-4-6-12(10)21-13/h3-6,9H,7-8H2,1-2H3. The molecule has 0 unspecified atom stereocenters. The van der Waals surface area contributed by atoms with Crippen LogP contribution >= 0.6 is 11.3 Å². The maximum absolute atomic E-state index is 11.4. The molecule has 0 amide bonds. The number of rotatable bonds is 5. The average molecular weight is 337 g/mol. The molecule has 0 atom stereocenters. The molecule has 1 aromatic carbocycles. The van der Waals surface area contributed by atoms with Gasteiger partial charge >= 0.3 is 0 Å². The molecule has 0 aliphatic heterocycles. The smallest absolute Gasteiger partial charge is 0.211 e. The fourth-order valence-corrected chi connectivity index (χ4v) is 3.23. The molecule has 0 bridgehead atoms. The minimum absolute atomic E-state index is 0.349. The van der Waals surface area contributed by atoms with Crippen molar-refractivity contribution < 1.29 is 8.42 Å². The van der Waals surface area contributed by atoms with Crippen molar-refractivity contribution >= 4 is 31.6 Å². The Morgan fingerprint density at radius 1 is 1.32 bits per heavy atom. The fourth-order valence-electron chi connectivity index (χ4n) is 1.90. The Hall–Kier alpha value is -1.84. The Balaban J connectivity index is 1.76. The van der Waals surface area contributed by atoms with E-state index in [2.05, 4.69) is 15.3 Å². The monoisotopic (exact) mass is 337 g/mol. The highest BCUT2D eigenvalue weighted by molar-refractivity contribution is 7.88. The largest absolute Gasteiger partial charge is 0.250 e. The number of likely N-dealkylation sites (N-methyl/N-ethyl adjacent to an activating group) is 1. The van der Waals surface area contributed by atoms with Gasteiger partial charge < -0.3 is 0 Å². The third kappa shape index (κ3) is 3.16. The predicted molar refractivity (Wildman–Crippen MR) is 86.1 cm³/mol. The molecule has 0 spiro atoms. The van der Waals surface area contributed by atoms with Crippen LogP contribution < -0.4 is 0 Å². The van der Waals surface area contributed by atoms with Crippen LogP contribution in [0.2, 0.25) is 0 Å². The number of thiazole rings is 1. The molecule has 0 N–H and O–H groups in total. The maximum atomic E-state index is 11.4. The van der Waals surface area contributed by atoms with Gasteiger partial charge in [0.1, 0.15) is 10.7 Å². The minimum atomic E-state index is -3.17. The zero-order valence-corrected chi connectivity index (χ0v) is 13.8. The second-order valence-electron chi connectivity index (χ2n) is 4.94. The van der Waals surface area contributed by atoms with Crippen molar-refractivity contribution in [1.29, 1.82) is 0 Å². The Kier molecular flexibility index (Phi) is 3.94. The average Bonchev–Trinajstić information content (AvgIpc) is 3.09. The van der Waals surface area contributed by atoms with Crippen LogP contribution in [0.25, 0.3) is 20.9 Å². The molecule has 0 aliphatic carbocycles. The SMILES string of the molecule is CN(CCn1cc(-c2nc3ccccc3s2)nn1)S(C)(=O)=O. The Morgan fingerprint density at radius 3 is 2.82 bits per heavy atom. The summed E-state index contributed by atoms with van der Waals surface area (Å²) in [5.74, 6) is 0. The summed E-state index contributed by atoms with van der Waals surface area (Å²) in [4.78, 5) is 4.53. The lowest BCUT2D eigenvalue weighted by Gasteiger charge is -2.12. The maximum Gasteiger partial charge on any atom is 0.211 e. The van der Waals surface area contributed by atoms with Gasteiger partial charge in [-0.05, 0) is 12.1 Å². The molecule has 22 heavy (non-hydrogen) atoms. The van der Waals surface area contributed by atoms with Crippen molar-refractivity contribution in [1.82, 2.24) is 24.3 Å². The van der Waals surface area contributed by atoms with Crippen LogP contribution in [-0.2, 0) is 16.6 Å². The normalized spacial score (nSPS) is 12.3. The molecule has 0 aliphatic rings. The van der Waals surface area contributed by atoms with E-state index in [1.54, 1.807) is 29.3 Å². The van der Waals surface area contributed by atoms with E-state index < -0.39 is 10.0 Å². The predicted octanol–water partition coefficient (Wildman–Crippen LogP) is 1.45. The lowest BCUT2D eigenvalue weighted by atomic mass is 10.3. The molecule has 0 saturated carbocycles. The van der Waals surface area contributed by atoms with Gasteiger partial charge in [-0.3, -0.25) is 4.68 Å². The highest BCUT2D eigenvalue weighted by Crippen LogP contribution is 2.28. The fraction of sp³-hybridized carbons (Fsp3) is 0.308. The molecule has 3 aromatic rings. The zero-order valence-electron chi connectivity index (χ0n) is 12.2. The Morgan fingerprint density at radius 2 is 2.09 bits per heavy atom. The number of fused-ring (bicyclic) bond motifs is 1. The number of nitrogens with zero attached hydrogens (tertiary/aromatic N) is 5. The number of sulfonamides is 1. The van der Waals surface area contributed by atoms with E-state index in [0.29, 0.717) is 18.8 Å². The van der Waals surface area contributed by atoms with Gasteiger partial charge in [-0.25, -0.2) is 17.7 Å². The quantitative estimate of drug-likeness (QED) is 0.704. The molecular formula is C13H15N5O2S2. The van der Waals surface area contributed by atoms with E-state index in [1.165, 1.54) is 10.6 Å². The first-order chi connectivity index (χ1) is 10.4. The summed E-state index contributed by atoms with van der Waals surface area (Å²) in [5, 5.41) is 8.95. The van der Waals surface area contributed by atoms with Gasteiger partial charge in [-0.15, -0.1) is 16.4 Å². The van der Waals surface area contributed by atoms with Crippen molar-refractivity contribution in [2.45, 2.75) is 6.54 Å². The topological polar surface area (TPSA) is 81.0 Å². The van der Waals surface area contributed by atoms with Crippen molar-refractivity contribution in [3.05, 3.63) is 30.5 Å². The summed E-state index contributed by atoms with van der Waals surface area (Å²) in [5.41, 5.74) is 1.64. The highest BCUT2D eigenvalue weighted by Gasteiger charge is 2.13. The number of benzene rings is 1. The first-order valence-corrected chi connectivity index (χ1v) is 9.27. The van der Waals surface area contributed by atoms with E-state index in [1.807, 2.05) is 24.3 Å². The lowest BCUT2D eigenvalue weighted by Crippen LogP contribution is -2.29. The van der Waals surface area contributed by atoms with Crippen LogP contribution in [0.5, 0.6) is 0 Å². The van der Waals surface area contributed by atoms with Crippen LogP contribution in [0.15, 0.2) is 30.5 Å². The molecule has 116 valence electrons. The summed E-state index contributed by atoms with van der Waals surface area (Å²) in [7, 11) is -1.63. The van der Waals surface area contributed by atoms with Crippen LogP contribution in [0.3, 0.4) is 0 Å². The third-order valence-corrected chi connectivity index (χ3v) is 5.64. The van der Waals surface area contributed by atoms with Gasteiger partial charge in [0.05, 0.1) is 29.2 Å². The molecule has 2 aromatic heterocycles. The Labute approximate surface area is 132 Å². The minimum Gasteiger partial charge on any atom is -0.250 e. The molecule has 9 heteroatoms.